The van der Waals surface area contributed by atoms with Crippen molar-refractivity contribution in [1.29, 1.82) is 0 Å². The molecular weight excluding hydrogens is 232 g/mol. The van der Waals surface area contributed by atoms with Gasteiger partial charge in [0.15, 0.2) is 0 Å². The van der Waals surface area contributed by atoms with Gasteiger partial charge in [0.2, 0.25) is 0 Å². The van der Waals surface area contributed by atoms with Crippen LogP contribution in [0.3, 0.4) is 0 Å². The lowest BCUT2D eigenvalue weighted by atomic mass is 9.86. The highest BCUT2D eigenvalue weighted by molar-refractivity contribution is 5.84. The quantitative estimate of drug-likeness (QED) is 0.585. The topological polar surface area (TPSA) is 9.23 Å². The Morgan fingerprint density at radius 2 is 1.74 bits per heavy atom. The molecule has 0 fully saturated rings. The summed E-state index contributed by atoms with van der Waals surface area (Å²) in [5.74, 6) is 2.48. The van der Waals surface area contributed by atoms with Crippen molar-refractivity contribution in [2.24, 2.45) is 0 Å². The van der Waals surface area contributed by atoms with E-state index in [4.69, 9.17) is 11.2 Å². The van der Waals surface area contributed by atoms with Crippen LogP contribution in [0.2, 0.25) is 0 Å². The Hall–Kier alpha value is -1.78. The number of benzene rings is 2. The van der Waals surface area contributed by atoms with Gasteiger partial charge in [0.05, 0.1) is 6.61 Å². The predicted octanol–water partition coefficient (Wildman–Crippen LogP) is 4.29. The van der Waals surface area contributed by atoms with Gasteiger partial charge in [-0.25, -0.2) is 0 Å². The SMILES string of the molecule is C#CCOCc1ccc2cc(C(C)(C)C)ccc2c1. The van der Waals surface area contributed by atoms with Gasteiger partial charge in [0.1, 0.15) is 6.61 Å². The maximum atomic E-state index is 5.36. The van der Waals surface area contributed by atoms with E-state index in [1.807, 2.05) is 0 Å². The monoisotopic (exact) mass is 252 g/mol. The lowest BCUT2D eigenvalue weighted by Gasteiger charge is -2.19. The molecule has 2 aromatic rings. The Bertz CT molecular complexity index is 612. The molecule has 0 aromatic heterocycles. The van der Waals surface area contributed by atoms with Crippen molar-refractivity contribution in [2.45, 2.75) is 32.8 Å². The largest absolute Gasteiger partial charge is 0.364 e. The third-order valence-corrected chi connectivity index (χ3v) is 3.22. The highest BCUT2D eigenvalue weighted by Gasteiger charge is 2.13. The lowest BCUT2D eigenvalue weighted by molar-refractivity contribution is 0.153. The first-order chi connectivity index (χ1) is 9.00. The third-order valence-electron chi connectivity index (χ3n) is 3.22. The van der Waals surface area contributed by atoms with E-state index < -0.39 is 0 Å². The van der Waals surface area contributed by atoms with Gasteiger partial charge in [0.25, 0.3) is 0 Å². The molecule has 1 heteroatoms. The standard InChI is InChI=1S/C18H20O/c1-5-10-19-13-14-6-7-16-12-17(18(2,3)4)9-8-15(16)11-14/h1,6-9,11-12H,10,13H2,2-4H3. The normalized spacial score (nSPS) is 11.5. The van der Waals surface area contributed by atoms with Crippen LogP contribution in [0, 0.1) is 12.3 Å². The van der Waals surface area contributed by atoms with Crippen molar-refractivity contribution >= 4 is 10.8 Å². The summed E-state index contributed by atoms with van der Waals surface area (Å²) in [6, 6.07) is 13.1. The van der Waals surface area contributed by atoms with Crippen LogP contribution < -0.4 is 0 Å². The molecule has 2 rings (SSSR count). The lowest BCUT2D eigenvalue weighted by Crippen LogP contribution is -2.10. The zero-order valence-electron chi connectivity index (χ0n) is 11.9. The summed E-state index contributed by atoms with van der Waals surface area (Å²) in [5.41, 5.74) is 2.70. The van der Waals surface area contributed by atoms with Crippen LogP contribution in [0.15, 0.2) is 36.4 Å². The molecule has 0 N–H and O–H groups in total. The Morgan fingerprint density at radius 3 is 2.42 bits per heavy atom. The fourth-order valence-electron chi connectivity index (χ4n) is 2.08. The molecule has 0 saturated heterocycles. The van der Waals surface area contributed by atoms with Crippen molar-refractivity contribution in [3.8, 4) is 12.3 Å². The molecule has 0 heterocycles. The highest BCUT2D eigenvalue weighted by Crippen LogP contribution is 2.26. The maximum Gasteiger partial charge on any atom is 0.107 e. The van der Waals surface area contributed by atoms with Crippen molar-refractivity contribution < 1.29 is 4.74 Å². The number of hydrogen-bond acceptors (Lipinski definition) is 1. The summed E-state index contributed by atoms with van der Waals surface area (Å²) in [6.45, 7) is 7.63. The minimum absolute atomic E-state index is 0.183. The van der Waals surface area contributed by atoms with Crippen LogP contribution in [0.5, 0.6) is 0 Å². The summed E-state index contributed by atoms with van der Waals surface area (Å²) in [7, 11) is 0. The van der Waals surface area contributed by atoms with E-state index in [9.17, 15) is 0 Å². The smallest absolute Gasteiger partial charge is 0.107 e. The van der Waals surface area contributed by atoms with Crippen molar-refractivity contribution in [2.75, 3.05) is 6.61 Å². The molecule has 0 unspecified atom stereocenters. The Labute approximate surface area is 115 Å². The Kier molecular flexibility index (Phi) is 3.93. The number of terminal acetylenes is 1. The van der Waals surface area contributed by atoms with E-state index in [0.29, 0.717) is 13.2 Å². The first-order valence-electron chi connectivity index (χ1n) is 6.55. The molecule has 0 radical (unpaired) electrons. The van der Waals surface area contributed by atoms with Crippen LogP contribution >= 0.6 is 0 Å². The summed E-state index contributed by atoms with van der Waals surface area (Å²) in [4.78, 5) is 0. The maximum absolute atomic E-state index is 5.36. The number of ether oxygens (including phenoxy) is 1. The third kappa shape index (κ3) is 3.36. The number of hydrogen-bond donors (Lipinski definition) is 0. The van der Waals surface area contributed by atoms with Crippen molar-refractivity contribution in [1.82, 2.24) is 0 Å². The number of fused-ring (bicyclic) bond motifs is 1. The zero-order chi connectivity index (χ0) is 13.9. The minimum Gasteiger partial charge on any atom is -0.364 e. The van der Waals surface area contributed by atoms with Gasteiger partial charge in [-0.1, -0.05) is 57.0 Å². The molecule has 98 valence electrons. The molecule has 1 nitrogen and oxygen atoms in total. The molecule has 19 heavy (non-hydrogen) atoms. The molecule has 0 aliphatic heterocycles. The van der Waals surface area contributed by atoms with Gasteiger partial charge < -0.3 is 4.74 Å². The van der Waals surface area contributed by atoms with Crippen LogP contribution in [0.4, 0.5) is 0 Å². The fourth-order valence-corrected chi connectivity index (χ4v) is 2.08. The molecule has 2 aromatic carbocycles. The van der Waals surface area contributed by atoms with E-state index in [0.717, 1.165) is 5.56 Å². The highest BCUT2D eigenvalue weighted by atomic mass is 16.5. The zero-order valence-corrected chi connectivity index (χ0v) is 11.9. The molecule has 0 aliphatic carbocycles. The number of rotatable bonds is 3. The predicted molar refractivity (Wildman–Crippen MR) is 81.1 cm³/mol. The molecule has 0 aliphatic rings. The first-order valence-corrected chi connectivity index (χ1v) is 6.55. The van der Waals surface area contributed by atoms with E-state index >= 15 is 0 Å². The second-order valence-corrected chi connectivity index (χ2v) is 5.84. The van der Waals surface area contributed by atoms with E-state index in [2.05, 4.69) is 63.1 Å². The summed E-state index contributed by atoms with van der Waals surface area (Å²) >= 11 is 0. The summed E-state index contributed by atoms with van der Waals surface area (Å²) in [6.07, 6.45) is 5.17. The minimum atomic E-state index is 0.183. The summed E-state index contributed by atoms with van der Waals surface area (Å²) in [5, 5.41) is 2.52. The Balaban J connectivity index is 2.28. The van der Waals surface area contributed by atoms with Gasteiger partial charge in [0, 0.05) is 0 Å². The van der Waals surface area contributed by atoms with Gasteiger partial charge in [-0.05, 0) is 33.4 Å². The molecule has 0 saturated carbocycles. The van der Waals surface area contributed by atoms with E-state index in [1.165, 1.54) is 16.3 Å². The Morgan fingerprint density at radius 1 is 1.05 bits per heavy atom. The van der Waals surface area contributed by atoms with Crippen LogP contribution in [-0.4, -0.2) is 6.61 Å². The van der Waals surface area contributed by atoms with Crippen LogP contribution in [0.1, 0.15) is 31.9 Å². The van der Waals surface area contributed by atoms with Gasteiger partial charge in [-0.3, -0.25) is 0 Å². The van der Waals surface area contributed by atoms with Crippen molar-refractivity contribution in [3.05, 3.63) is 47.5 Å². The first kappa shape index (κ1) is 13.6. The molecule has 0 atom stereocenters. The van der Waals surface area contributed by atoms with Crippen molar-refractivity contribution in [3.63, 3.8) is 0 Å². The summed E-state index contributed by atoms with van der Waals surface area (Å²) < 4.78 is 5.36. The average molecular weight is 252 g/mol. The van der Waals surface area contributed by atoms with Gasteiger partial charge in [-0.2, -0.15) is 0 Å². The van der Waals surface area contributed by atoms with Crippen LogP contribution in [0.25, 0.3) is 10.8 Å². The van der Waals surface area contributed by atoms with Crippen LogP contribution in [-0.2, 0) is 16.8 Å². The molecule has 0 amide bonds. The second kappa shape index (κ2) is 5.47. The fraction of sp³-hybridized carbons (Fsp3) is 0.333. The van der Waals surface area contributed by atoms with Gasteiger partial charge in [-0.15, -0.1) is 6.42 Å². The van der Waals surface area contributed by atoms with Gasteiger partial charge >= 0.3 is 0 Å². The second-order valence-electron chi connectivity index (χ2n) is 5.84. The van der Waals surface area contributed by atoms with E-state index in [-0.39, 0.29) is 5.41 Å². The average Bonchev–Trinajstić information content (AvgIpc) is 2.37. The molecule has 0 bridgehead atoms. The molecule has 0 spiro atoms. The van der Waals surface area contributed by atoms with E-state index in [1.54, 1.807) is 0 Å². The molecular formula is C18H20O.